The lowest BCUT2D eigenvalue weighted by atomic mass is 9.75. The fourth-order valence-corrected chi connectivity index (χ4v) is 3.75. The number of nitrogens with zero attached hydrogens (tertiary/aromatic N) is 2. The number of hydrogen-bond acceptors (Lipinski definition) is 5. The van der Waals surface area contributed by atoms with Crippen molar-refractivity contribution in [2.75, 3.05) is 0 Å². The standard InChI is InChI=1S/C18H22N2O4/c1-11(2)17-13(19-22)10-14(15-6-4-8-23-15)20(12(3)21)18(17)16-7-5-9-24-16/h4-9,11,14,17-18,22H,10H2,1-3H3/b19-13-/t14?,17-,18?/m0/s1. The second-order valence-corrected chi connectivity index (χ2v) is 6.48. The molecule has 1 aliphatic rings. The van der Waals surface area contributed by atoms with Crippen LogP contribution in [0.1, 0.15) is 50.8 Å². The Hall–Kier alpha value is -2.50. The summed E-state index contributed by atoms with van der Waals surface area (Å²) in [4.78, 5) is 14.3. The average molecular weight is 330 g/mol. The molecule has 6 nitrogen and oxygen atoms in total. The summed E-state index contributed by atoms with van der Waals surface area (Å²) >= 11 is 0. The van der Waals surface area contributed by atoms with Crippen LogP contribution in [0.15, 0.2) is 50.8 Å². The van der Waals surface area contributed by atoms with Crippen LogP contribution in [-0.4, -0.2) is 21.7 Å². The van der Waals surface area contributed by atoms with Gasteiger partial charge in [-0.2, -0.15) is 0 Å². The Morgan fingerprint density at radius 3 is 2.33 bits per heavy atom. The largest absolute Gasteiger partial charge is 0.467 e. The van der Waals surface area contributed by atoms with Gasteiger partial charge in [0.05, 0.1) is 30.3 Å². The number of piperidine rings is 1. The van der Waals surface area contributed by atoms with Crippen LogP contribution >= 0.6 is 0 Å². The molecule has 0 bridgehead atoms. The predicted molar refractivity (Wildman–Crippen MR) is 87.6 cm³/mol. The third kappa shape index (κ3) is 2.72. The monoisotopic (exact) mass is 330 g/mol. The Morgan fingerprint density at radius 2 is 1.88 bits per heavy atom. The second kappa shape index (κ2) is 6.55. The average Bonchev–Trinajstić information content (AvgIpc) is 3.25. The molecule has 2 unspecified atom stereocenters. The van der Waals surface area contributed by atoms with E-state index in [1.165, 1.54) is 0 Å². The maximum atomic E-state index is 12.5. The fraction of sp³-hybridized carbons (Fsp3) is 0.444. The molecule has 3 heterocycles. The van der Waals surface area contributed by atoms with E-state index >= 15 is 0 Å². The van der Waals surface area contributed by atoms with Crippen molar-refractivity contribution in [1.82, 2.24) is 4.90 Å². The smallest absolute Gasteiger partial charge is 0.220 e. The summed E-state index contributed by atoms with van der Waals surface area (Å²) in [5, 5.41) is 13.1. The minimum Gasteiger partial charge on any atom is -0.467 e. The molecule has 2 aromatic rings. The van der Waals surface area contributed by atoms with Gasteiger partial charge in [0.15, 0.2) is 0 Å². The van der Waals surface area contributed by atoms with Gasteiger partial charge in [-0.15, -0.1) is 0 Å². The molecule has 3 atom stereocenters. The Bertz CT molecular complexity index is 703. The van der Waals surface area contributed by atoms with E-state index in [0.29, 0.717) is 23.7 Å². The Morgan fingerprint density at radius 1 is 1.25 bits per heavy atom. The van der Waals surface area contributed by atoms with E-state index in [0.717, 1.165) is 0 Å². The molecule has 0 saturated carbocycles. The molecule has 0 radical (unpaired) electrons. The van der Waals surface area contributed by atoms with Crippen LogP contribution in [0.25, 0.3) is 0 Å². The lowest BCUT2D eigenvalue weighted by Crippen LogP contribution is -2.49. The van der Waals surface area contributed by atoms with Crippen LogP contribution in [-0.2, 0) is 4.79 Å². The summed E-state index contributed by atoms with van der Waals surface area (Å²) in [6.07, 6.45) is 3.61. The minimum atomic E-state index is -0.341. The topological polar surface area (TPSA) is 79.2 Å². The van der Waals surface area contributed by atoms with E-state index in [1.807, 2.05) is 12.1 Å². The van der Waals surface area contributed by atoms with E-state index in [1.54, 1.807) is 36.5 Å². The molecule has 1 aliphatic heterocycles. The van der Waals surface area contributed by atoms with Crippen molar-refractivity contribution >= 4 is 11.6 Å². The first-order valence-electron chi connectivity index (χ1n) is 8.11. The number of hydrogen-bond donors (Lipinski definition) is 1. The maximum Gasteiger partial charge on any atom is 0.220 e. The third-order valence-corrected chi connectivity index (χ3v) is 4.68. The lowest BCUT2D eigenvalue weighted by Gasteiger charge is -2.46. The summed E-state index contributed by atoms with van der Waals surface area (Å²) < 4.78 is 11.2. The van der Waals surface area contributed by atoms with Gasteiger partial charge < -0.3 is 18.9 Å². The lowest BCUT2D eigenvalue weighted by molar-refractivity contribution is -0.137. The first-order valence-corrected chi connectivity index (χ1v) is 8.11. The summed E-state index contributed by atoms with van der Waals surface area (Å²) in [7, 11) is 0. The first-order chi connectivity index (χ1) is 11.5. The predicted octanol–water partition coefficient (Wildman–Crippen LogP) is 4.01. The fourth-order valence-electron chi connectivity index (χ4n) is 3.75. The molecule has 0 aliphatic carbocycles. The highest BCUT2D eigenvalue weighted by Gasteiger charge is 2.47. The van der Waals surface area contributed by atoms with Crippen molar-refractivity contribution in [1.29, 1.82) is 0 Å². The van der Waals surface area contributed by atoms with Gasteiger partial charge in [0.1, 0.15) is 11.5 Å². The highest BCUT2D eigenvalue weighted by atomic mass is 16.4. The molecule has 1 saturated heterocycles. The summed E-state index contributed by atoms with van der Waals surface area (Å²) in [6.45, 7) is 5.65. The van der Waals surface area contributed by atoms with Gasteiger partial charge >= 0.3 is 0 Å². The first kappa shape index (κ1) is 16.4. The molecule has 3 rings (SSSR count). The van der Waals surface area contributed by atoms with Crippen LogP contribution in [0.4, 0.5) is 0 Å². The van der Waals surface area contributed by atoms with E-state index in [-0.39, 0.29) is 29.8 Å². The zero-order valence-electron chi connectivity index (χ0n) is 14.0. The van der Waals surface area contributed by atoms with Gasteiger partial charge in [-0.05, 0) is 30.2 Å². The summed E-state index contributed by atoms with van der Waals surface area (Å²) in [6, 6.07) is 6.62. The van der Waals surface area contributed by atoms with Crippen LogP contribution < -0.4 is 0 Å². The van der Waals surface area contributed by atoms with Crippen molar-refractivity contribution < 1.29 is 18.8 Å². The molecular formula is C18H22N2O4. The zero-order valence-corrected chi connectivity index (χ0v) is 14.0. The zero-order chi connectivity index (χ0) is 17.3. The highest BCUT2D eigenvalue weighted by molar-refractivity contribution is 5.90. The summed E-state index contributed by atoms with van der Waals surface area (Å²) in [5.41, 5.74) is 0.658. The van der Waals surface area contributed by atoms with Crippen molar-refractivity contribution in [2.45, 2.75) is 39.3 Å². The number of likely N-dealkylation sites (tertiary alicyclic amines) is 1. The Balaban J connectivity index is 2.14. The number of carbonyl (C=O) groups is 1. The molecule has 2 aromatic heterocycles. The van der Waals surface area contributed by atoms with Crippen LogP contribution in [0, 0.1) is 11.8 Å². The number of rotatable bonds is 3. The molecule has 128 valence electrons. The highest BCUT2D eigenvalue weighted by Crippen LogP contribution is 2.46. The maximum absolute atomic E-state index is 12.5. The van der Waals surface area contributed by atoms with E-state index in [2.05, 4.69) is 19.0 Å². The quantitative estimate of drug-likeness (QED) is 0.681. The SMILES string of the molecule is CC(=O)N1C(c2ccco2)C/C(=N/O)[C@H](C(C)C)C1c1ccco1. The number of amides is 1. The van der Waals surface area contributed by atoms with Crippen molar-refractivity contribution in [2.24, 2.45) is 17.0 Å². The minimum absolute atomic E-state index is 0.0690. The Kier molecular flexibility index (Phi) is 4.46. The van der Waals surface area contributed by atoms with Gasteiger partial charge in [0, 0.05) is 19.3 Å². The molecule has 6 heteroatoms. The van der Waals surface area contributed by atoms with E-state index < -0.39 is 0 Å². The van der Waals surface area contributed by atoms with Crippen LogP contribution in [0.2, 0.25) is 0 Å². The number of carbonyl (C=O) groups excluding carboxylic acids is 1. The molecular weight excluding hydrogens is 308 g/mol. The van der Waals surface area contributed by atoms with Gasteiger partial charge in [-0.1, -0.05) is 19.0 Å². The molecule has 1 N–H and O–H groups in total. The van der Waals surface area contributed by atoms with E-state index in [4.69, 9.17) is 8.83 Å². The van der Waals surface area contributed by atoms with Crippen molar-refractivity contribution in [3.05, 3.63) is 48.3 Å². The number of oxime groups is 1. The van der Waals surface area contributed by atoms with Crippen LogP contribution in [0.5, 0.6) is 0 Å². The molecule has 24 heavy (non-hydrogen) atoms. The molecule has 0 aromatic carbocycles. The van der Waals surface area contributed by atoms with Crippen LogP contribution in [0.3, 0.4) is 0 Å². The van der Waals surface area contributed by atoms with Gasteiger partial charge in [-0.25, -0.2) is 0 Å². The molecule has 1 fully saturated rings. The van der Waals surface area contributed by atoms with Gasteiger partial charge in [0.25, 0.3) is 0 Å². The normalized spacial score (nSPS) is 26.2. The molecule has 1 amide bonds. The molecule has 0 spiro atoms. The number of furan rings is 2. The Labute approximate surface area is 140 Å². The van der Waals surface area contributed by atoms with Crippen molar-refractivity contribution in [3.63, 3.8) is 0 Å². The third-order valence-electron chi connectivity index (χ3n) is 4.68. The summed E-state index contributed by atoms with van der Waals surface area (Å²) in [5.74, 6) is 1.33. The second-order valence-electron chi connectivity index (χ2n) is 6.48. The van der Waals surface area contributed by atoms with E-state index in [9.17, 15) is 10.0 Å². The van der Waals surface area contributed by atoms with Crippen molar-refractivity contribution in [3.8, 4) is 0 Å². The van der Waals surface area contributed by atoms with Gasteiger partial charge in [0.2, 0.25) is 5.91 Å². The van der Waals surface area contributed by atoms with Gasteiger partial charge in [-0.3, -0.25) is 4.79 Å².